The van der Waals surface area contributed by atoms with Gasteiger partial charge < -0.3 is 47.4 Å². The Hall–Kier alpha value is -9.35. The molecule has 0 bridgehead atoms. The zero-order valence-electron chi connectivity index (χ0n) is 44.8. The summed E-state index contributed by atoms with van der Waals surface area (Å²) in [5.41, 5.74) is 2.57. The number of fused-ring (bicyclic) bond motifs is 1. The molecule has 2 atom stereocenters. The van der Waals surface area contributed by atoms with Gasteiger partial charge in [-0.3, -0.25) is 14.4 Å². The van der Waals surface area contributed by atoms with Gasteiger partial charge in [0.15, 0.2) is 18.5 Å². The van der Waals surface area contributed by atoms with Gasteiger partial charge in [-0.1, -0.05) is 51.1 Å². The van der Waals surface area contributed by atoms with Gasteiger partial charge in [0.05, 0.1) is 46.5 Å². The molecule has 2 aliphatic carbocycles. The van der Waals surface area contributed by atoms with Crippen molar-refractivity contribution in [1.29, 1.82) is 5.26 Å². The Morgan fingerprint density at radius 3 is 1.70 bits per heavy atom. The van der Waals surface area contributed by atoms with Crippen molar-refractivity contribution >= 4 is 63.3 Å². The summed E-state index contributed by atoms with van der Waals surface area (Å²) >= 11 is 1.40. The topological polar surface area (TPSA) is 248 Å². The highest BCUT2D eigenvalue weighted by molar-refractivity contribution is 7.21. The third kappa shape index (κ3) is 17.3. The SMILES string of the molecule is C=CC(=O)OCC(COc1ccc(OC(=O)C2CCC(C(=O)Oc3ccc(CCOC(=O)C4CCC(C(=C)Oc5ccc(OC(COC(=O)C=C)OC(=O)C=C)cc5)CC4)c4sc(-c5ccc(C#N)cc5)nc34)CC2)cc1)OC(=O)C=C. The Morgan fingerprint density at radius 1 is 0.573 bits per heavy atom. The summed E-state index contributed by atoms with van der Waals surface area (Å²) in [4.78, 5) is 92.0. The number of hydrogen-bond donors (Lipinski definition) is 0. The monoisotopic (exact) mass is 1140 g/mol. The average molecular weight is 1140 g/mol. The minimum Gasteiger partial charge on any atom is -0.490 e. The highest BCUT2D eigenvalue weighted by atomic mass is 32.1. The largest absolute Gasteiger partial charge is 0.490 e. The first kappa shape index (κ1) is 60.3. The molecule has 0 amide bonds. The van der Waals surface area contributed by atoms with Gasteiger partial charge in [0.2, 0.25) is 0 Å². The number of nitrogens with zero attached hydrogens (tertiary/aromatic N) is 2. The molecular weight excluding hydrogens is 1080 g/mol. The lowest BCUT2D eigenvalue weighted by Crippen LogP contribution is -2.30. The number of nitriles is 1. The van der Waals surface area contributed by atoms with E-state index in [-0.39, 0.29) is 55.7 Å². The maximum absolute atomic E-state index is 13.8. The van der Waals surface area contributed by atoms with Crippen molar-refractivity contribution in [2.75, 3.05) is 26.4 Å². The predicted molar refractivity (Wildman–Crippen MR) is 298 cm³/mol. The molecule has 0 spiro atoms. The fourth-order valence-electron chi connectivity index (χ4n) is 8.92. The number of thiazole rings is 1. The van der Waals surface area contributed by atoms with Crippen LogP contribution in [-0.2, 0) is 63.7 Å². The van der Waals surface area contributed by atoms with Crippen LogP contribution in [0, 0.1) is 35.0 Å². The van der Waals surface area contributed by atoms with Crippen molar-refractivity contribution in [3.63, 3.8) is 0 Å². The van der Waals surface area contributed by atoms with Crippen LogP contribution in [0.5, 0.6) is 28.7 Å². The minimum atomic E-state index is -1.23. The first-order valence-electron chi connectivity index (χ1n) is 26.3. The lowest BCUT2D eigenvalue weighted by molar-refractivity contribution is -0.170. The smallest absolute Gasteiger partial charge is 0.333 e. The maximum atomic E-state index is 13.8. The molecular formula is C62H60N2O17S. The van der Waals surface area contributed by atoms with Crippen LogP contribution in [0.25, 0.3) is 20.8 Å². The van der Waals surface area contributed by atoms with Crippen LogP contribution < -0.4 is 23.7 Å². The molecule has 82 heavy (non-hydrogen) atoms. The Bertz CT molecular complexity index is 3200. The van der Waals surface area contributed by atoms with Gasteiger partial charge in [-0.25, -0.2) is 24.2 Å². The second-order valence-corrected chi connectivity index (χ2v) is 19.9. The molecule has 0 saturated heterocycles. The lowest BCUT2D eigenvalue weighted by atomic mass is 9.81. The minimum absolute atomic E-state index is 0.00468. The van der Waals surface area contributed by atoms with Gasteiger partial charge in [-0.05, 0) is 124 Å². The quantitative estimate of drug-likeness (QED) is 0.0118. The van der Waals surface area contributed by atoms with Crippen LogP contribution in [-0.4, -0.2) is 85.6 Å². The molecule has 19 nitrogen and oxygen atoms in total. The zero-order valence-corrected chi connectivity index (χ0v) is 45.6. The van der Waals surface area contributed by atoms with Crippen LogP contribution in [0.15, 0.2) is 148 Å². The van der Waals surface area contributed by atoms with Crippen LogP contribution in [0.1, 0.15) is 62.5 Å². The molecule has 2 aliphatic rings. The number of carbonyl (C=O) groups is 7. The van der Waals surface area contributed by atoms with Crippen LogP contribution >= 0.6 is 11.3 Å². The summed E-state index contributed by atoms with van der Waals surface area (Å²) in [7, 11) is 0. The van der Waals surface area contributed by atoms with E-state index in [1.165, 1.54) is 11.3 Å². The Labute approximate surface area is 477 Å². The summed E-state index contributed by atoms with van der Waals surface area (Å²) in [5, 5.41) is 10.0. The number of benzene rings is 4. The van der Waals surface area contributed by atoms with Gasteiger partial charge >= 0.3 is 41.8 Å². The zero-order chi connectivity index (χ0) is 58.5. The van der Waals surface area contributed by atoms with Crippen LogP contribution in [0.2, 0.25) is 0 Å². The van der Waals surface area contributed by atoms with E-state index in [4.69, 9.17) is 52.4 Å². The molecule has 2 saturated carbocycles. The number of aromatic nitrogens is 1. The number of hydrogen-bond acceptors (Lipinski definition) is 20. The summed E-state index contributed by atoms with van der Waals surface area (Å²) in [5.74, 6) is -3.03. The fourth-order valence-corrected chi connectivity index (χ4v) is 10.0. The Kier molecular flexibility index (Phi) is 21.9. The molecule has 2 unspecified atom stereocenters. The van der Waals surface area contributed by atoms with Gasteiger partial charge in [0, 0.05) is 42.2 Å². The highest BCUT2D eigenvalue weighted by Gasteiger charge is 2.34. The molecule has 1 aromatic heterocycles. The number of carbonyl (C=O) groups excluding carboxylic acids is 7. The van der Waals surface area contributed by atoms with E-state index in [2.05, 4.69) is 39.0 Å². The van der Waals surface area contributed by atoms with Crippen LogP contribution in [0.3, 0.4) is 0 Å². The standard InChI is InChI=1S/C62H60N2O17S/c1-6-52(65)74-36-50(77-54(67)8-3)35-73-46-23-25-49(26-24-46)79-61(70)44-18-20-45(21-19-44)62(71)80-51-31-22-41(58-57(51)64-59(82-58)42-12-10-39(34-63)11-13-42)32-33-72-60(69)43-16-14-40(15-17-43)38(5)76-47-27-29-48(30-28-47)78-56(81-55(68)9-4)37-75-53(66)7-2/h6-13,22-31,40,43-45,50,56H,1-5,14-21,32-33,35-37H2. The van der Waals surface area contributed by atoms with Crippen molar-refractivity contribution in [2.45, 2.75) is 70.2 Å². The maximum Gasteiger partial charge on any atom is 0.333 e. The van der Waals surface area contributed by atoms with E-state index in [0.29, 0.717) is 96.9 Å². The summed E-state index contributed by atoms with van der Waals surface area (Å²) in [6.45, 7) is 16.9. The average Bonchev–Trinajstić information content (AvgIpc) is 4.01. The number of ether oxygens (including phenoxy) is 10. The molecule has 4 aromatic carbocycles. The first-order chi connectivity index (χ1) is 39.6. The van der Waals surface area contributed by atoms with E-state index in [1.54, 1.807) is 78.9 Å². The molecule has 1 heterocycles. The van der Waals surface area contributed by atoms with Gasteiger partial charge in [0.25, 0.3) is 6.29 Å². The van der Waals surface area contributed by atoms with Crippen LogP contribution in [0.4, 0.5) is 0 Å². The highest BCUT2D eigenvalue weighted by Crippen LogP contribution is 2.40. The third-order valence-corrected chi connectivity index (χ3v) is 14.6. The molecule has 0 N–H and O–H groups in total. The molecule has 5 aromatic rings. The van der Waals surface area contributed by atoms with E-state index < -0.39 is 60.0 Å². The van der Waals surface area contributed by atoms with Crippen molar-refractivity contribution in [1.82, 2.24) is 4.98 Å². The van der Waals surface area contributed by atoms with Crippen molar-refractivity contribution in [3.05, 3.63) is 159 Å². The summed E-state index contributed by atoms with van der Waals surface area (Å²) in [6.07, 6.45) is 6.15. The van der Waals surface area contributed by atoms with Gasteiger partial charge in [-0.15, -0.1) is 11.3 Å². The molecule has 7 rings (SSSR count). The van der Waals surface area contributed by atoms with E-state index in [9.17, 15) is 38.8 Å². The number of esters is 7. The third-order valence-electron chi connectivity index (χ3n) is 13.4. The second kappa shape index (κ2) is 29.7. The number of allylic oxidation sites excluding steroid dienone is 1. The van der Waals surface area contributed by atoms with E-state index in [1.807, 2.05) is 6.07 Å². The first-order valence-corrected chi connectivity index (χ1v) is 27.1. The van der Waals surface area contributed by atoms with Crippen molar-refractivity contribution in [3.8, 4) is 45.4 Å². The van der Waals surface area contributed by atoms with Gasteiger partial charge in [0.1, 0.15) is 46.7 Å². The normalized spacial score (nSPS) is 17.1. The number of rotatable bonds is 27. The predicted octanol–water partition coefficient (Wildman–Crippen LogP) is 10.0. The van der Waals surface area contributed by atoms with Gasteiger partial charge in [-0.2, -0.15) is 5.26 Å². The Balaban J connectivity index is 0.888. The van der Waals surface area contributed by atoms with E-state index in [0.717, 1.165) is 40.1 Å². The summed E-state index contributed by atoms with van der Waals surface area (Å²) in [6, 6.07) is 25.4. The Morgan fingerprint density at radius 2 is 1.10 bits per heavy atom. The summed E-state index contributed by atoms with van der Waals surface area (Å²) < 4.78 is 56.1. The molecule has 0 radical (unpaired) electrons. The fraction of sp³-hybridized carbons (Fsp3) is 0.306. The van der Waals surface area contributed by atoms with Crippen molar-refractivity contribution < 1.29 is 80.9 Å². The van der Waals surface area contributed by atoms with E-state index >= 15 is 0 Å². The molecule has 426 valence electrons. The molecule has 20 heteroatoms. The van der Waals surface area contributed by atoms with Crippen molar-refractivity contribution in [2.24, 2.45) is 23.7 Å². The molecule has 2 fully saturated rings. The molecule has 0 aliphatic heterocycles. The second-order valence-electron chi connectivity index (χ2n) is 18.9. The lowest BCUT2D eigenvalue weighted by Gasteiger charge is -2.28.